The normalized spacial score (nSPS) is 18.9. The van der Waals surface area contributed by atoms with E-state index in [4.69, 9.17) is 4.74 Å². The second-order valence-electron chi connectivity index (χ2n) is 6.19. The molecule has 2 N–H and O–H groups in total. The summed E-state index contributed by atoms with van der Waals surface area (Å²) in [6, 6.07) is 19.8. The molecule has 2 aromatic rings. The molecular weight excluding hydrogens is 339 g/mol. The zero-order chi connectivity index (χ0) is 17.9. The van der Waals surface area contributed by atoms with Gasteiger partial charge in [0.15, 0.2) is 0 Å². The fourth-order valence-corrected chi connectivity index (χ4v) is 3.21. The molecule has 0 saturated carbocycles. The molecule has 3 radical (unpaired) electrons. The van der Waals surface area contributed by atoms with Crippen molar-refractivity contribution in [3.63, 3.8) is 0 Å². The van der Waals surface area contributed by atoms with Crippen molar-refractivity contribution in [3.8, 4) is 5.75 Å². The van der Waals surface area contributed by atoms with Crippen molar-refractivity contribution in [1.82, 2.24) is 10.6 Å². The van der Waals surface area contributed by atoms with Crippen LogP contribution in [0.5, 0.6) is 5.75 Å². The van der Waals surface area contributed by atoms with Crippen molar-refractivity contribution in [2.75, 3.05) is 26.2 Å². The van der Waals surface area contributed by atoms with Gasteiger partial charge in [0.1, 0.15) is 5.75 Å². The van der Waals surface area contributed by atoms with Crippen LogP contribution in [0.25, 0.3) is 0 Å². The first-order valence-electron chi connectivity index (χ1n) is 8.84. The molecule has 0 aromatic heterocycles. The number of benzene rings is 2. The van der Waals surface area contributed by atoms with Crippen molar-refractivity contribution in [2.24, 2.45) is 0 Å². The summed E-state index contributed by atoms with van der Waals surface area (Å²) in [5, 5.41) is 7.38. The van der Waals surface area contributed by atoms with Gasteiger partial charge in [0.05, 0.1) is 7.11 Å². The predicted molar refractivity (Wildman–Crippen MR) is 115 cm³/mol. The van der Waals surface area contributed by atoms with Crippen LogP contribution in [0, 0.1) is 0 Å². The van der Waals surface area contributed by atoms with E-state index >= 15 is 0 Å². The lowest BCUT2D eigenvalue weighted by Gasteiger charge is -2.34. The van der Waals surface area contributed by atoms with Crippen molar-refractivity contribution in [1.29, 1.82) is 0 Å². The molecule has 1 fully saturated rings. The van der Waals surface area contributed by atoms with Crippen LogP contribution in [-0.2, 0) is 6.54 Å². The summed E-state index contributed by atoms with van der Waals surface area (Å²) in [4.78, 5) is 0. The van der Waals surface area contributed by atoms with E-state index < -0.39 is 0 Å². The van der Waals surface area contributed by atoms with Crippen LogP contribution in [0.3, 0.4) is 0 Å². The van der Waals surface area contributed by atoms with Gasteiger partial charge in [-0.05, 0) is 43.5 Å². The monoisotopic (exact) mass is 369 g/mol. The highest BCUT2D eigenvalue weighted by Crippen LogP contribution is 2.25. The number of nitrogens with one attached hydrogen (secondary N) is 2. The van der Waals surface area contributed by atoms with E-state index in [0.717, 1.165) is 18.8 Å². The molecule has 2 atom stereocenters. The SMILES string of the molecule is COc1ccccc1CN[C@@H]1CCCN[C@@H]1c1ccccc1.CSC.[B]. The number of methoxy groups -OCH3 is 1. The molecule has 1 aliphatic rings. The summed E-state index contributed by atoms with van der Waals surface area (Å²) in [6.07, 6.45) is 6.49. The number of piperidine rings is 1. The first-order valence-corrected chi connectivity index (χ1v) is 10.5. The van der Waals surface area contributed by atoms with Crippen molar-refractivity contribution in [2.45, 2.75) is 31.5 Å². The third-order valence-corrected chi connectivity index (χ3v) is 4.36. The summed E-state index contributed by atoms with van der Waals surface area (Å²) < 4.78 is 5.44. The Balaban J connectivity index is 0.000000791. The Hall–Kier alpha value is -1.43. The summed E-state index contributed by atoms with van der Waals surface area (Å²) in [5.41, 5.74) is 2.57. The molecule has 1 heterocycles. The van der Waals surface area contributed by atoms with Gasteiger partial charge < -0.3 is 15.4 Å². The summed E-state index contributed by atoms with van der Waals surface area (Å²) in [5.74, 6) is 0.954. The minimum absolute atomic E-state index is 0. The molecule has 26 heavy (non-hydrogen) atoms. The van der Waals surface area contributed by atoms with Gasteiger partial charge in [0.2, 0.25) is 0 Å². The Bertz CT molecular complexity index is 612. The highest BCUT2D eigenvalue weighted by atomic mass is 32.2. The molecule has 1 saturated heterocycles. The van der Waals surface area contributed by atoms with Gasteiger partial charge in [-0.15, -0.1) is 0 Å². The van der Waals surface area contributed by atoms with Crippen LogP contribution in [0.15, 0.2) is 54.6 Å². The predicted octanol–water partition coefficient (Wildman–Crippen LogP) is 3.88. The molecule has 2 aromatic carbocycles. The second-order valence-corrected chi connectivity index (χ2v) is 7.01. The van der Waals surface area contributed by atoms with Crippen LogP contribution in [0.1, 0.15) is 30.0 Å². The van der Waals surface area contributed by atoms with Crippen molar-refractivity contribution < 1.29 is 4.74 Å². The van der Waals surface area contributed by atoms with E-state index in [1.165, 1.54) is 24.0 Å². The third-order valence-electron chi connectivity index (χ3n) is 4.36. The standard InChI is InChI=1S/C19H24N2O.C2H6S.B/c1-22-18-12-6-5-10-16(18)14-21-17-11-7-13-20-19(17)15-8-3-2-4-9-15;1-3-2;/h2-6,8-10,12,17,19-21H,7,11,13-14H2,1H3;1-2H3;/t17-,19-;;/m1../s1. The number of hydrogen-bond donors (Lipinski definition) is 2. The molecule has 0 amide bonds. The Morgan fingerprint density at radius 3 is 2.42 bits per heavy atom. The molecule has 139 valence electrons. The molecule has 3 rings (SSSR count). The van der Waals surface area contributed by atoms with Gasteiger partial charge >= 0.3 is 0 Å². The molecule has 5 heteroatoms. The van der Waals surface area contributed by atoms with E-state index in [9.17, 15) is 0 Å². The minimum Gasteiger partial charge on any atom is -0.496 e. The smallest absolute Gasteiger partial charge is 0.123 e. The van der Waals surface area contributed by atoms with E-state index in [2.05, 4.69) is 53.1 Å². The topological polar surface area (TPSA) is 33.3 Å². The number of thioether (sulfide) groups is 1. The van der Waals surface area contributed by atoms with Crippen LogP contribution in [-0.4, -0.2) is 40.6 Å². The van der Waals surface area contributed by atoms with Gasteiger partial charge in [-0.1, -0.05) is 48.5 Å². The Labute approximate surface area is 164 Å². The lowest BCUT2D eigenvalue weighted by atomic mass is 9.92. The maximum Gasteiger partial charge on any atom is 0.123 e. The average molecular weight is 369 g/mol. The quantitative estimate of drug-likeness (QED) is 0.784. The first-order chi connectivity index (χ1) is 12.3. The fraction of sp³-hybridized carbons (Fsp3) is 0.429. The van der Waals surface area contributed by atoms with Crippen molar-refractivity contribution in [3.05, 3.63) is 65.7 Å². The van der Waals surface area contributed by atoms with Gasteiger partial charge in [0.25, 0.3) is 0 Å². The molecule has 1 aliphatic heterocycles. The third kappa shape index (κ3) is 6.71. The largest absolute Gasteiger partial charge is 0.496 e. The van der Waals surface area contributed by atoms with Crippen LogP contribution < -0.4 is 15.4 Å². The molecule has 3 nitrogen and oxygen atoms in total. The van der Waals surface area contributed by atoms with E-state index in [1.807, 2.05) is 24.6 Å². The van der Waals surface area contributed by atoms with Crippen LogP contribution in [0.4, 0.5) is 0 Å². The van der Waals surface area contributed by atoms with E-state index in [0.29, 0.717) is 12.1 Å². The van der Waals surface area contributed by atoms with Gasteiger partial charge in [0, 0.05) is 32.6 Å². The number of hydrogen-bond acceptors (Lipinski definition) is 4. The van der Waals surface area contributed by atoms with E-state index in [-0.39, 0.29) is 8.41 Å². The Morgan fingerprint density at radius 2 is 1.73 bits per heavy atom. The maximum atomic E-state index is 5.44. The van der Waals surface area contributed by atoms with E-state index in [1.54, 1.807) is 18.9 Å². The fourth-order valence-electron chi connectivity index (χ4n) is 3.21. The second kappa shape index (κ2) is 12.9. The highest BCUT2D eigenvalue weighted by Gasteiger charge is 2.25. The lowest BCUT2D eigenvalue weighted by Crippen LogP contribution is -2.45. The number of para-hydroxylation sites is 1. The number of rotatable bonds is 5. The molecule has 0 bridgehead atoms. The average Bonchev–Trinajstić information content (AvgIpc) is 2.68. The van der Waals surface area contributed by atoms with Crippen LogP contribution in [0.2, 0.25) is 0 Å². The maximum absolute atomic E-state index is 5.44. The van der Waals surface area contributed by atoms with Gasteiger partial charge in [-0.2, -0.15) is 11.8 Å². The zero-order valence-electron chi connectivity index (χ0n) is 16.1. The van der Waals surface area contributed by atoms with Gasteiger partial charge in [-0.25, -0.2) is 0 Å². The lowest BCUT2D eigenvalue weighted by molar-refractivity contribution is 0.303. The summed E-state index contributed by atoms with van der Waals surface area (Å²) >= 11 is 1.75. The Kier molecular flexibility index (Phi) is 11.2. The van der Waals surface area contributed by atoms with Gasteiger partial charge in [-0.3, -0.25) is 0 Å². The molecule has 0 spiro atoms. The Morgan fingerprint density at radius 1 is 1.08 bits per heavy atom. The van der Waals surface area contributed by atoms with Crippen LogP contribution >= 0.6 is 11.8 Å². The zero-order valence-corrected chi connectivity index (χ0v) is 16.9. The summed E-state index contributed by atoms with van der Waals surface area (Å²) in [7, 11) is 1.73. The molecule has 0 aliphatic carbocycles. The van der Waals surface area contributed by atoms with Crippen molar-refractivity contribution >= 4 is 20.2 Å². The number of ether oxygens (including phenoxy) is 1. The molecular formula is C21H30BN2OS. The minimum atomic E-state index is 0. The first kappa shape index (κ1) is 22.6. The molecule has 0 unspecified atom stereocenters. The highest BCUT2D eigenvalue weighted by molar-refractivity contribution is 7.97. The summed E-state index contributed by atoms with van der Waals surface area (Å²) in [6.45, 7) is 1.92.